The molecule has 0 radical (unpaired) electrons. The van der Waals surface area contributed by atoms with Crippen LogP contribution in [0.5, 0.6) is 5.75 Å². The van der Waals surface area contributed by atoms with Crippen LogP contribution in [-0.4, -0.2) is 18.2 Å². The molecule has 170 valence electrons. The SMILES string of the molecule is COc1ccc(-c2ccc(C=Nc3sc4c(c3C#N)CC[C@@H](C(C)(C)C)C4)o2)c([N+](=O)[O-])c1. The summed E-state index contributed by atoms with van der Waals surface area (Å²) in [5, 5.41) is 21.9. The molecule has 0 amide bonds. The maximum atomic E-state index is 11.5. The average Bonchev–Trinajstić information content (AvgIpc) is 3.40. The summed E-state index contributed by atoms with van der Waals surface area (Å²) in [4.78, 5) is 16.8. The van der Waals surface area contributed by atoms with Gasteiger partial charge in [0.15, 0.2) is 0 Å². The number of benzene rings is 1. The minimum Gasteiger partial charge on any atom is -0.497 e. The average molecular weight is 464 g/mol. The van der Waals surface area contributed by atoms with E-state index in [2.05, 4.69) is 31.8 Å². The molecule has 4 rings (SSSR count). The quantitative estimate of drug-likeness (QED) is 0.238. The van der Waals surface area contributed by atoms with Gasteiger partial charge in [-0.1, -0.05) is 20.8 Å². The molecule has 1 aromatic carbocycles. The second-order valence-electron chi connectivity index (χ2n) is 9.20. The van der Waals surface area contributed by atoms with Gasteiger partial charge in [0.25, 0.3) is 5.69 Å². The largest absolute Gasteiger partial charge is 0.497 e. The molecule has 3 aromatic rings. The number of nitrogens with zero attached hydrogens (tertiary/aromatic N) is 3. The lowest BCUT2D eigenvalue weighted by Crippen LogP contribution is -2.26. The monoisotopic (exact) mass is 463 g/mol. The van der Waals surface area contributed by atoms with Gasteiger partial charge in [-0.05, 0) is 60.4 Å². The van der Waals surface area contributed by atoms with Crippen molar-refractivity contribution in [1.29, 1.82) is 5.26 Å². The number of methoxy groups -OCH3 is 1. The molecule has 1 aliphatic rings. The number of hydrogen-bond acceptors (Lipinski definition) is 7. The fourth-order valence-electron chi connectivity index (χ4n) is 4.20. The van der Waals surface area contributed by atoms with Crippen LogP contribution < -0.4 is 4.74 Å². The number of hydrogen-bond donors (Lipinski definition) is 0. The van der Waals surface area contributed by atoms with Crippen LogP contribution in [0.3, 0.4) is 0 Å². The highest BCUT2D eigenvalue weighted by Gasteiger charge is 2.32. The molecule has 0 bridgehead atoms. The maximum Gasteiger partial charge on any atom is 0.284 e. The number of nitro benzene ring substituents is 1. The predicted octanol–water partition coefficient (Wildman–Crippen LogP) is 6.70. The van der Waals surface area contributed by atoms with Gasteiger partial charge in [-0.3, -0.25) is 10.1 Å². The van der Waals surface area contributed by atoms with Crippen molar-refractivity contribution < 1.29 is 14.1 Å². The molecule has 0 aliphatic heterocycles. The molecule has 0 fully saturated rings. The third-order valence-electron chi connectivity index (χ3n) is 6.19. The molecule has 2 heterocycles. The minimum atomic E-state index is -0.464. The summed E-state index contributed by atoms with van der Waals surface area (Å²) in [5.74, 6) is 1.81. The molecule has 1 atom stereocenters. The van der Waals surface area contributed by atoms with Gasteiger partial charge in [0.05, 0.1) is 35.4 Å². The highest BCUT2D eigenvalue weighted by atomic mass is 32.1. The molecule has 2 aromatic heterocycles. The van der Waals surface area contributed by atoms with Crippen LogP contribution in [0.4, 0.5) is 10.7 Å². The summed E-state index contributed by atoms with van der Waals surface area (Å²) >= 11 is 1.57. The number of nitriles is 1. The highest BCUT2D eigenvalue weighted by Crippen LogP contribution is 2.45. The van der Waals surface area contributed by atoms with Gasteiger partial charge in [-0.25, -0.2) is 4.99 Å². The zero-order chi connectivity index (χ0) is 23.8. The Morgan fingerprint density at radius 3 is 2.79 bits per heavy atom. The minimum absolute atomic E-state index is 0.0988. The van der Waals surface area contributed by atoms with Crippen molar-refractivity contribution in [1.82, 2.24) is 0 Å². The Bertz CT molecular complexity index is 1270. The molecule has 0 saturated heterocycles. The molecular weight excluding hydrogens is 438 g/mol. The number of ether oxygens (including phenoxy) is 1. The molecule has 8 heteroatoms. The first kappa shape index (κ1) is 22.7. The summed E-state index contributed by atoms with van der Waals surface area (Å²) in [7, 11) is 1.46. The van der Waals surface area contributed by atoms with Gasteiger partial charge in [-0.15, -0.1) is 11.3 Å². The third-order valence-corrected chi connectivity index (χ3v) is 7.35. The van der Waals surface area contributed by atoms with Crippen molar-refractivity contribution in [2.75, 3.05) is 7.11 Å². The van der Waals surface area contributed by atoms with Crippen LogP contribution in [-0.2, 0) is 12.8 Å². The van der Waals surface area contributed by atoms with Crippen LogP contribution in [0.25, 0.3) is 11.3 Å². The van der Waals surface area contributed by atoms with Crippen LogP contribution in [0, 0.1) is 32.8 Å². The highest BCUT2D eigenvalue weighted by molar-refractivity contribution is 7.16. The standard InChI is InChI=1S/C25H25N3O4S/c1-25(2,3)15-5-8-18-20(13-26)24(33-23(18)11-15)27-14-17-7-10-22(32-17)19-9-6-16(31-4)12-21(19)28(29)30/h6-7,9-10,12,14-15H,5,8,11H2,1-4H3/t15-/m1/s1. The Balaban J connectivity index is 1.61. The molecular formula is C25H25N3O4S. The Kier molecular flexibility index (Phi) is 6.09. The Morgan fingerprint density at radius 2 is 2.12 bits per heavy atom. The van der Waals surface area contributed by atoms with Crippen LogP contribution in [0.1, 0.15) is 49.0 Å². The lowest BCUT2D eigenvalue weighted by atomic mass is 9.72. The number of fused-ring (bicyclic) bond motifs is 1. The van der Waals surface area contributed by atoms with Gasteiger partial charge >= 0.3 is 0 Å². The van der Waals surface area contributed by atoms with E-state index in [0.29, 0.717) is 39.3 Å². The second-order valence-corrected chi connectivity index (χ2v) is 10.3. The fraction of sp³-hybridized carbons (Fsp3) is 0.360. The predicted molar refractivity (Wildman–Crippen MR) is 129 cm³/mol. The van der Waals surface area contributed by atoms with E-state index < -0.39 is 4.92 Å². The lowest BCUT2D eigenvalue weighted by molar-refractivity contribution is -0.384. The first-order valence-corrected chi connectivity index (χ1v) is 11.5. The maximum absolute atomic E-state index is 11.5. The zero-order valence-electron chi connectivity index (χ0n) is 19.0. The number of furan rings is 1. The van der Waals surface area contributed by atoms with E-state index in [4.69, 9.17) is 9.15 Å². The van der Waals surface area contributed by atoms with Gasteiger partial charge < -0.3 is 9.15 Å². The van der Waals surface area contributed by atoms with E-state index in [1.165, 1.54) is 18.1 Å². The van der Waals surface area contributed by atoms with E-state index in [9.17, 15) is 15.4 Å². The molecule has 0 N–H and O–H groups in total. The number of aliphatic imine (C=N–C) groups is 1. The van der Waals surface area contributed by atoms with Crippen molar-refractivity contribution >= 4 is 28.2 Å². The Hall–Kier alpha value is -3.44. The number of nitro groups is 1. The lowest BCUT2D eigenvalue weighted by Gasteiger charge is -2.33. The summed E-state index contributed by atoms with van der Waals surface area (Å²) in [5.41, 5.74) is 2.27. The molecule has 33 heavy (non-hydrogen) atoms. The van der Waals surface area contributed by atoms with E-state index in [0.717, 1.165) is 24.8 Å². The fourth-order valence-corrected chi connectivity index (χ4v) is 5.43. The first-order chi connectivity index (χ1) is 15.7. The zero-order valence-corrected chi connectivity index (χ0v) is 19.9. The molecule has 7 nitrogen and oxygen atoms in total. The summed E-state index contributed by atoms with van der Waals surface area (Å²) in [6.07, 6.45) is 4.52. The van der Waals surface area contributed by atoms with E-state index in [-0.39, 0.29) is 11.1 Å². The van der Waals surface area contributed by atoms with Crippen molar-refractivity contribution in [3.8, 4) is 23.1 Å². The second kappa shape index (κ2) is 8.83. The number of thiophene rings is 1. The van der Waals surface area contributed by atoms with E-state index in [1.54, 1.807) is 41.8 Å². The van der Waals surface area contributed by atoms with E-state index in [1.807, 2.05) is 0 Å². The molecule has 0 spiro atoms. The van der Waals surface area contributed by atoms with E-state index >= 15 is 0 Å². The van der Waals surface area contributed by atoms with Crippen molar-refractivity contribution in [3.63, 3.8) is 0 Å². The first-order valence-electron chi connectivity index (χ1n) is 10.7. The van der Waals surface area contributed by atoms with Crippen molar-refractivity contribution in [2.24, 2.45) is 16.3 Å². The number of rotatable bonds is 5. The Morgan fingerprint density at radius 1 is 1.33 bits per heavy atom. The summed E-state index contributed by atoms with van der Waals surface area (Å²) < 4.78 is 10.9. The van der Waals surface area contributed by atoms with Crippen molar-refractivity contribution in [2.45, 2.75) is 40.0 Å². The van der Waals surface area contributed by atoms with Crippen LogP contribution in [0.15, 0.2) is 39.7 Å². The van der Waals surface area contributed by atoms with Gasteiger partial charge in [0, 0.05) is 4.88 Å². The van der Waals surface area contributed by atoms with Crippen LogP contribution >= 0.6 is 11.3 Å². The van der Waals surface area contributed by atoms with Crippen LogP contribution in [0.2, 0.25) is 0 Å². The molecule has 0 unspecified atom stereocenters. The topological polar surface area (TPSA) is 102 Å². The smallest absolute Gasteiger partial charge is 0.284 e. The van der Waals surface area contributed by atoms with Gasteiger partial charge in [-0.2, -0.15) is 5.26 Å². The third kappa shape index (κ3) is 4.55. The summed E-state index contributed by atoms with van der Waals surface area (Å²) in [6.45, 7) is 6.80. The summed E-state index contributed by atoms with van der Waals surface area (Å²) in [6, 6.07) is 10.3. The van der Waals surface area contributed by atoms with Crippen molar-refractivity contribution in [3.05, 3.63) is 62.2 Å². The normalized spacial score (nSPS) is 15.9. The Labute approximate surface area is 196 Å². The van der Waals surface area contributed by atoms with Gasteiger partial charge in [0.2, 0.25) is 0 Å². The van der Waals surface area contributed by atoms with Gasteiger partial charge in [0.1, 0.15) is 28.3 Å². The molecule has 1 aliphatic carbocycles. The molecule has 0 saturated carbocycles.